The fraction of sp³-hybridized carbons (Fsp3) is 0.167. The third-order valence-corrected chi connectivity index (χ3v) is 4.41. The first-order chi connectivity index (χ1) is 12.3. The number of Topliss-reactive ketones (excluding diaryl/α,β-unsaturated/α-hetero) is 1. The maximum Gasteiger partial charge on any atom is 0.255 e. The number of nitrogens with one attached hydrogen (secondary N) is 1. The lowest BCUT2D eigenvalue weighted by Crippen LogP contribution is -2.50. The smallest absolute Gasteiger partial charge is 0.255 e. The number of ketones is 1. The Kier molecular flexibility index (Phi) is 7.03. The third kappa shape index (κ3) is 4.75. The number of rotatable bonds is 6. The van der Waals surface area contributed by atoms with E-state index in [1.54, 1.807) is 30.3 Å². The SMILES string of the molecule is CN(C(=O)CCl)[C@H](C(=O)Nc1ccccc1)C(=O)c1ccc(Cl)cc1Cl. The van der Waals surface area contributed by atoms with Crippen LogP contribution in [-0.2, 0) is 9.59 Å². The Morgan fingerprint density at radius 2 is 1.73 bits per heavy atom. The molecule has 2 aromatic carbocycles. The van der Waals surface area contributed by atoms with Crippen LogP contribution in [0.2, 0.25) is 10.0 Å². The van der Waals surface area contributed by atoms with Crippen molar-refractivity contribution in [1.82, 2.24) is 4.90 Å². The second kappa shape index (κ2) is 9.03. The first-order valence-electron chi connectivity index (χ1n) is 7.52. The molecule has 26 heavy (non-hydrogen) atoms. The largest absolute Gasteiger partial charge is 0.326 e. The number of alkyl halides is 1. The van der Waals surface area contributed by atoms with Gasteiger partial charge in [0.25, 0.3) is 5.91 Å². The molecule has 0 fully saturated rings. The number of nitrogens with zero attached hydrogens (tertiary/aromatic N) is 1. The van der Waals surface area contributed by atoms with Gasteiger partial charge in [0, 0.05) is 23.3 Å². The Labute approximate surface area is 165 Å². The molecule has 0 aliphatic carbocycles. The van der Waals surface area contributed by atoms with Crippen molar-refractivity contribution >= 4 is 58.1 Å². The lowest BCUT2D eigenvalue weighted by molar-refractivity contribution is -0.133. The number of likely N-dealkylation sites (N-methyl/N-ethyl adjacent to an activating group) is 1. The molecule has 136 valence electrons. The fourth-order valence-electron chi connectivity index (χ4n) is 2.28. The molecule has 2 aromatic rings. The minimum Gasteiger partial charge on any atom is -0.326 e. The predicted octanol–water partition coefficient (Wildman–Crippen LogP) is 3.88. The van der Waals surface area contributed by atoms with Crippen LogP contribution < -0.4 is 5.32 Å². The van der Waals surface area contributed by atoms with Gasteiger partial charge in [0.05, 0.1) is 5.02 Å². The Morgan fingerprint density at radius 1 is 1.08 bits per heavy atom. The molecule has 0 heterocycles. The molecule has 0 bridgehead atoms. The van der Waals surface area contributed by atoms with Crippen molar-refractivity contribution in [3.8, 4) is 0 Å². The lowest BCUT2D eigenvalue weighted by atomic mass is 10.0. The third-order valence-electron chi connectivity index (χ3n) is 3.63. The van der Waals surface area contributed by atoms with Gasteiger partial charge in [-0.25, -0.2) is 0 Å². The van der Waals surface area contributed by atoms with Crippen LogP contribution in [0.3, 0.4) is 0 Å². The summed E-state index contributed by atoms with van der Waals surface area (Å²) < 4.78 is 0. The van der Waals surface area contributed by atoms with E-state index in [-0.39, 0.29) is 16.5 Å². The Bertz CT molecular complexity index is 828. The Hall–Kier alpha value is -2.08. The van der Waals surface area contributed by atoms with Gasteiger partial charge in [-0.3, -0.25) is 14.4 Å². The van der Waals surface area contributed by atoms with E-state index >= 15 is 0 Å². The second-order valence-electron chi connectivity index (χ2n) is 5.38. The summed E-state index contributed by atoms with van der Waals surface area (Å²) in [6.07, 6.45) is 0. The first-order valence-corrected chi connectivity index (χ1v) is 8.81. The Morgan fingerprint density at radius 3 is 2.31 bits per heavy atom. The van der Waals surface area contributed by atoms with E-state index in [0.29, 0.717) is 10.7 Å². The molecular formula is C18H15Cl3N2O3. The molecule has 0 unspecified atom stereocenters. The molecule has 2 amide bonds. The van der Waals surface area contributed by atoms with E-state index in [9.17, 15) is 14.4 Å². The van der Waals surface area contributed by atoms with E-state index < -0.39 is 23.6 Å². The molecule has 0 saturated heterocycles. The number of hydrogen-bond donors (Lipinski definition) is 1. The van der Waals surface area contributed by atoms with Gasteiger partial charge in [-0.15, -0.1) is 11.6 Å². The number of hydrogen-bond acceptors (Lipinski definition) is 3. The Balaban J connectivity index is 2.38. The number of benzene rings is 2. The van der Waals surface area contributed by atoms with Crippen LogP contribution >= 0.6 is 34.8 Å². The second-order valence-corrected chi connectivity index (χ2v) is 6.50. The maximum absolute atomic E-state index is 12.9. The van der Waals surface area contributed by atoms with Gasteiger partial charge in [0.1, 0.15) is 5.88 Å². The van der Waals surface area contributed by atoms with Crippen molar-refractivity contribution in [1.29, 1.82) is 0 Å². The molecule has 0 aliphatic heterocycles. The van der Waals surface area contributed by atoms with Crippen molar-refractivity contribution in [3.05, 3.63) is 64.1 Å². The molecule has 0 saturated carbocycles. The molecule has 0 aromatic heterocycles. The van der Waals surface area contributed by atoms with Gasteiger partial charge in [0.2, 0.25) is 5.91 Å². The summed E-state index contributed by atoms with van der Waals surface area (Å²) in [5.74, 6) is -2.25. The summed E-state index contributed by atoms with van der Waals surface area (Å²) in [6.45, 7) is 0. The summed E-state index contributed by atoms with van der Waals surface area (Å²) in [5, 5.41) is 3.06. The average Bonchev–Trinajstić information content (AvgIpc) is 2.61. The number of carbonyl (C=O) groups is 3. The number of para-hydroxylation sites is 1. The van der Waals surface area contributed by atoms with Crippen molar-refractivity contribution in [2.75, 3.05) is 18.2 Å². The van der Waals surface area contributed by atoms with Crippen LogP contribution in [0.4, 0.5) is 5.69 Å². The highest BCUT2D eigenvalue weighted by atomic mass is 35.5. The number of anilines is 1. The number of halogens is 3. The highest BCUT2D eigenvalue weighted by Gasteiger charge is 2.35. The molecule has 1 N–H and O–H groups in total. The molecule has 5 nitrogen and oxygen atoms in total. The number of amides is 2. The minimum atomic E-state index is -1.43. The quantitative estimate of drug-likeness (QED) is 0.444. The lowest BCUT2D eigenvalue weighted by Gasteiger charge is -2.26. The van der Waals surface area contributed by atoms with Crippen molar-refractivity contribution in [2.45, 2.75) is 6.04 Å². The monoisotopic (exact) mass is 412 g/mol. The van der Waals surface area contributed by atoms with E-state index in [2.05, 4.69) is 5.32 Å². The van der Waals surface area contributed by atoms with Crippen LogP contribution in [0.15, 0.2) is 48.5 Å². The highest BCUT2D eigenvalue weighted by Crippen LogP contribution is 2.24. The zero-order chi connectivity index (χ0) is 19.3. The summed E-state index contributed by atoms with van der Waals surface area (Å²) in [7, 11) is 1.33. The van der Waals surface area contributed by atoms with E-state index in [0.717, 1.165) is 4.90 Å². The fourth-order valence-corrected chi connectivity index (χ4v) is 2.97. The molecule has 8 heteroatoms. The van der Waals surface area contributed by atoms with Gasteiger partial charge >= 0.3 is 0 Å². The molecule has 0 radical (unpaired) electrons. The normalized spacial score (nSPS) is 11.5. The number of carbonyl (C=O) groups excluding carboxylic acids is 3. The summed E-state index contributed by atoms with van der Waals surface area (Å²) in [6, 6.07) is 11.4. The summed E-state index contributed by atoms with van der Waals surface area (Å²) in [4.78, 5) is 38.7. The zero-order valence-electron chi connectivity index (χ0n) is 13.7. The predicted molar refractivity (Wildman–Crippen MR) is 103 cm³/mol. The van der Waals surface area contributed by atoms with E-state index in [4.69, 9.17) is 34.8 Å². The summed E-state index contributed by atoms with van der Waals surface area (Å²) >= 11 is 17.5. The molecule has 2 rings (SSSR count). The topological polar surface area (TPSA) is 66.5 Å². The summed E-state index contributed by atoms with van der Waals surface area (Å²) in [5.41, 5.74) is 0.572. The first kappa shape index (κ1) is 20.2. The van der Waals surface area contributed by atoms with Crippen molar-refractivity contribution in [3.63, 3.8) is 0 Å². The van der Waals surface area contributed by atoms with Crippen molar-refractivity contribution < 1.29 is 14.4 Å². The van der Waals surface area contributed by atoms with Crippen LogP contribution in [0, 0.1) is 0 Å². The zero-order valence-corrected chi connectivity index (χ0v) is 16.0. The van der Waals surface area contributed by atoms with Gasteiger partial charge < -0.3 is 10.2 Å². The van der Waals surface area contributed by atoms with Gasteiger partial charge in [0.15, 0.2) is 11.8 Å². The van der Waals surface area contributed by atoms with Gasteiger partial charge in [-0.05, 0) is 30.3 Å². The van der Waals surface area contributed by atoms with Crippen LogP contribution in [0.5, 0.6) is 0 Å². The van der Waals surface area contributed by atoms with Crippen LogP contribution in [0.25, 0.3) is 0 Å². The van der Waals surface area contributed by atoms with Gasteiger partial charge in [-0.2, -0.15) is 0 Å². The molecule has 1 atom stereocenters. The highest BCUT2D eigenvalue weighted by molar-refractivity contribution is 6.38. The molecule has 0 spiro atoms. The van der Waals surface area contributed by atoms with Crippen molar-refractivity contribution in [2.24, 2.45) is 0 Å². The molecule has 0 aliphatic rings. The standard InChI is InChI=1S/C18H15Cl3N2O3/c1-23(15(24)10-19)16(18(26)22-12-5-3-2-4-6-12)17(25)13-8-7-11(20)9-14(13)21/h2-9,16H,10H2,1H3,(H,22,26)/t16-/m0/s1. The molecular weight excluding hydrogens is 399 g/mol. The maximum atomic E-state index is 12.9. The van der Waals surface area contributed by atoms with E-state index in [1.165, 1.54) is 25.2 Å². The van der Waals surface area contributed by atoms with Crippen LogP contribution in [-0.4, -0.2) is 41.5 Å². The van der Waals surface area contributed by atoms with Gasteiger partial charge in [-0.1, -0.05) is 41.4 Å². The van der Waals surface area contributed by atoms with Crippen LogP contribution in [0.1, 0.15) is 10.4 Å². The average molecular weight is 414 g/mol. The minimum absolute atomic E-state index is 0.0819. The van der Waals surface area contributed by atoms with E-state index in [1.807, 2.05) is 0 Å².